The van der Waals surface area contributed by atoms with Crippen LogP contribution in [0.15, 0.2) is 60.7 Å². The minimum absolute atomic E-state index is 0.0149. The van der Waals surface area contributed by atoms with E-state index in [2.05, 4.69) is 60.7 Å². The van der Waals surface area contributed by atoms with Gasteiger partial charge in [0.05, 0.1) is 0 Å². The summed E-state index contributed by atoms with van der Waals surface area (Å²) in [5, 5.41) is 3.47. The first-order valence-electron chi connectivity index (χ1n) is 6.96. The molecule has 0 spiro atoms. The van der Waals surface area contributed by atoms with E-state index in [1.807, 2.05) is 0 Å². The van der Waals surface area contributed by atoms with Crippen LogP contribution in [-0.4, -0.2) is 66.5 Å². The van der Waals surface area contributed by atoms with Gasteiger partial charge in [-0.15, -0.1) is 0 Å². The van der Waals surface area contributed by atoms with Crippen LogP contribution < -0.4 is 0 Å². The Balaban J connectivity index is 1.34. The van der Waals surface area contributed by atoms with Crippen molar-refractivity contribution in [3.05, 3.63) is 71.8 Å². The van der Waals surface area contributed by atoms with Crippen LogP contribution in [0, 0.1) is 0 Å². The molecule has 0 amide bonds. The second-order valence-electron chi connectivity index (χ2n) is 5.19. The van der Waals surface area contributed by atoms with E-state index < -0.39 is 0 Å². The van der Waals surface area contributed by atoms with E-state index in [1.54, 1.807) is 21.5 Å². The Kier molecular flexibility index (Phi) is 4.88. The molecule has 1 radical (unpaired) electrons. The van der Waals surface area contributed by atoms with Gasteiger partial charge in [-0.3, -0.25) is 0 Å². The molecule has 7 heteroatoms. The third-order valence-electron chi connectivity index (χ3n) is 3.77. The molecule has 0 aliphatic carbocycles. The fourth-order valence-electron chi connectivity index (χ4n) is 2.72. The van der Waals surface area contributed by atoms with Gasteiger partial charge in [-0.05, 0) is 0 Å². The van der Waals surface area contributed by atoms with Crippen LogP contribution in [0.3, 0.4) is 0 Å². The zero-order valence-corrected chi connectivity index (χ0v) is 24.5. The Hall–Kier alpha value is 2.35. The van der Waals surface area contributed by atoms with Crippen molar-refractivity contribution in [3.63, 3.8) is 0 Å². The summed E-state index contributed by atoms with van der Waals surface area (Å²) in [5.74, 6) is 0. The molecule has 105 valence electrons. The molecule has 0 saturated carbocycles. The van der Waals surface area contributed by atoms with Gasteiger partial charge in [0.25, 0.3) is 0 Å². The molecule has 4 atom stereocenters. The van der Waals surface area contributed by atoms with E-state index in [-0.39, 0.29) is 54.9 Å². The number of benzene rings is 2. The third-order valence-corrected chi connectivity index (χ3v) is 707. The zero-order chi connectivity index (χ0) is 13.8. The number of hydrogen-bond donors (Lipinski definition) is 0. The van der Waals surface area contributed by atoms with Gasteiger partial charge >= 0.3 is 149 Å². The Morgan fingerprint density at radius 1 is 0.619 bits per heavy atom. The second kappa shape index (κ2) is 6.58. The molecule has 4 saturated heterocycles. The van der Waals surface area contributed by atoms with Crippen molar-refractivity contribution in [1.29, 1.82) is 0 Å². The van der Waals surface area contributed by atoms with Crippen LogP contribution in [0.25, 0.3) is 0 Å². The average molecular weight is 707 g/mol. The Bertz CT molecular complexity index is 593. The average Bonchev–Trinajstić information content (AvgIpc) is 2.79. The molecule has 6 rings (SSSR count). The van der Waals surface area contributed by atoms with Crippen molar-refractivity contribution < 1.29 is 0 Å². The molecule has 0 N–H and O–H groups in total. The van der Waals surface area contributed by atoms with Crippen LogP contribution >= 0.6 is 0 Å². The number of rotatable bonds is 4. The molecule has 4 aliphatic rings. The molecule has 0 aromatic heterocycles. The fourth-order valence-corrected chi connectivity index (χ4v) is 2540. The molecule has 4 fully saturated rings. The maximum absolute atomic E-state index is 2.46. The van der Waals surface area contributed by atoms with E-state index in [0.29, 0.717) is 0 Å². The van der Waals surface area contributed by atoms with Crippen molar-refractivity contribution in [1.82, 2.24) is 0 Å². The summed E-state index contributed by atoms with van der Waals surface area (Å²) in [4.78, 5) is 0. The molecule has 4 aliphatic heterocycles. The summed E-state index contributed by atoms with van der Waals surface area (Å²) in [6.07, 6.45) is 0. The molecule has 21 heavy (non-hydrogen) atoms. The van der Waals surface area contributed by atoms with Crippen LogP contribution in [0.2, 0.25) is 0 Å². The second-order valence-corrected chi connectivity index (χ2v) is 208. The molecule has 4 heterocycles. The SMILES string of the molecule is c1ccc(C[As]2[As]3[As][As]4[As]2[As]4[As]3Cc2ccccc2)cc1. The van der Waals surface area contributed by atoms with E-state index in [1.165, 1.54) is 11.6 Å². The van der Waals surface area contributed by atoms with Gasteiger partial charge in [-0.2, -0.15) is 0 Å². The van der Waals surface area contributed by atoms with Crippen molar-refractivity contribution in [2.45, 2.75) is 10.4 Å². The van der Waals surface area contributed by atoms with Crippen molar-refractivity contribution in [2.75, 3.05) is 0 Å². The molecular weight excluding hydrogens is 693 g/mol. The Labute approximate surface area is 146 Å². The first-order valence-corrected chi connectivity index (χ1v) is 56.4. The summed E-state index contributed by atoms with van der Waals surface area (Å²) >= 11 is 1.19. The van der Waals surface area contributed by atoms with E-state index in [9.17, 15) is 0 Å². The van der Waals surface area contributed by atoms with Crippen molar-refractivity contribution >= 4 is 66.5 Å². The van der Waals surface area contributed by atoms with E-state index in [4.69, 9.17) is 0 Å². The molecule has 2 aromatic carbocycles. The normalized spacial score (nSPS) is 39.8. The third kappa shape index (κ3) is 2.91. The summed E-state index contributed by atoms with van der Waals surface area (Å²) in [7, 11) is 0.302. The summed E-state index contributed by atoms with van der Waals surface area (Å²) in [5.41, 5.74) is 3.56. The van der Waals surface area contributed by atoms with E-state index in [0.717, 1.165) is 0 Å². The Morgan fingerprint density at radius 2 is 1.10 bits per heavy atom. The predicted molar refractivity (Wildman–Crippen MR) is 101 cm³/mol. The Morgan fingerprint density at radius 3 is 1.52 bits per heavy atom. The van der Waals surface area contributed by atoms with Crippen LogP contribution in [0.4, 0.5) is 0 Å². The molecule has 4 unspecified atom stereocenters. The van der Waals surface area contributed by atoms with Gasteiger partial charge in [-0.25, -0.2) is 0 Å². The molecule has 0 nitrogen and oxygen atoms in total. The minimum atomic E-state index is -0.0955. The maximum atomic E-state index is 2.46. The molecule has 2 aromatic rings. The van der Waals surface area contributed by atoms with Gasteiger partial charge in [0.1, 0.15) is 0 Å². The fraction of sp³-hybridized carbons (Fsp3) is 0.143. The topological polar surface area (TPSA) is 0 Å². The van der Waals surface area contributed by atoms with Crippen LogP contribution in [0.1, 0.15) is 11.1 Å². The van der Waals surface area contributed by atoms with E-state index >= 15 is 0 Å². The van der Waals surface area contributed by atoms with Crippen molar-refractivity contribution in [2.24, 2.45) is 0 Å². The van der Waals surface area contributed by atoms with Gasteiger partial charge in [0.15, 0.2) is 0 Å². The van der Waals surface area contributed by atoms with Gasteiger partial charge in [-0.1, -0.05) is 0 Å². The number of hydrogen-bond acceptors (Lipinski definition) is 0. The van der Waals surface area contributed by atoms with Crippen LogP contribution in [0.5, 0.6) is 0 Å². The predicted octanol–water partition coefficient (Wildman–Crippen LogP) is 0.806. The molecule has 4 bridgehead atoms. The first-order chi connectivity index (χ1) is 10.4. The van der Waals surface area contributed by atoms with Crippen molar-refractivity contribution in [3.8, 4) is 0 Å². The quantitative estimate of drug-likeness (QED) is 0.414. The standard InChI is InChI=1S/C14H14As7/c1-3-7-13(8-4-1)11-16-18-15-19-20(16)21(19)17(18)12-14-9-5-2-6-10-14/h1-10H,11-12H2. The summed E-state index contributed by atoms with van der Waals surface area (Å²) in [6.45, 7) is 0. The van der Waals surface area contributed by atoms with Crippen LogP contribution in [-0.2, 0) is 10.4 Å². The summed E-state index contributed by atoms with van der Waals surface area (Å²) < 4.78 is 0. The molecular formula is C14H14As7. The monoisotopic (exact) mass is 707 g/mol. The van der Waals surface area contributed by atoms with Gasteiger partial charge in [0.2, 0.25) is 0 Å². The zero-order valence-electron chi connectivity index (χ0n) is 11.3. The van der Waals surface area contributed by atoms with Gasteiger partial charge in [0, 0.05) is 0 Å². The summed E-state index contributed by atoms with van der Waals surface area (Å²) in [6, 6.07) is 23.4. The van der Waals surface area contributed by atoms with Gasteiger partial charge < -0.3 is 0 Å². The first kappa shape index (κ1) is 15.6.